The molecule has 0 aliphatic heterocycles. The van der Waals surface area contributed by atoms with Crippen LogP contribution < -0.4 is 10.1 Å². The Morgan fingerprint density at radius 3 is 2.56 bits per heavy atom. The highest BCUT2D eigenvalue weighted by atomic mass is 19.1. The molecule has 1 aromatic rings. The van der Waals surface area contributed by atoms with Gasteiger partial charge in [0.05, 0.1) is 6.10 Å². The van der Waals surface area contributed by atoms with Crippen LogP contribution >= 0.6 is 0 Å². The van der Waals surface area contributed by atoms with Crippen molar-refractivity contribution < 1.29 is 13.5 Å². The van der Waals surface area contributed by atoms with Gasteiger partial charge in [0, 0.05) is 6.07 Å². The zero-order valence-electron chi connectivity index (χ0n) is 10.6. The van der Waals surface area contributed by atoms with Gasteiger partial charge in [0.25, 0.3) is 0 Å². The highest BCUT2D eigenvalue weighted by Crippen LogP contribution is 2.28. The predicted octanol–water partition coefficient (Wildman–Crippen LogP) is 3.12. The van der Waals surface area contributed by atoms with Crippen molar-refractivity contribution in [1.82, 2.24) is 5.32 Å². The van der Waals surface area contributed by atoms with Gasteiger partial charge in [-0.25, -0.2) is 8.78 Å². The van der Waals surface area contributed by atoms with Crippen LogP contribution in [-0.2, 0) is 0 Å². The van der Waals surface area contributed by atoms with Crippen molar-refractivity contribution in [2.24, 2.45) is 5.92 Å². The Balaban J connectivity index is 1.87. The van der Waals surface area contributed by atoms with Crippen LogP contribution in [0.1, 0.15) is 25.7 Å². The summed E-state index contributed by atoms with van der Waals surface area (Å²) in [6, 6.07) is 3.46. The molecule has 0 aromatic heterocycles. The average Bonchev–Trinajstić information content (AvgIpc) is 2.35. The van der Waals surface area contributed by atoms with E-state index in [2.05, 4.69) is 5.32 Å². The van der Waals surface area contributed by atoms with Crippen LogP contribution in [0.5, 0.6) is 5.75 Å². The van der Waals surface area contributed by atoms with Crippen molar-refractivity contribution in [2.45, 2.75) is 31.8 Å². The van der Waals surface area contributed by atoms with Gasteiger partial charge in [0.1, 0.15) is 5.82 Å². The third kappa shape index (κ3) is 3.42. The molecule has 1 saturated carbocycles. The summed E-state index contributed by atoms with van der Waals surface area (Å²) in [6.07, 6.45) is 4.10. The van der Waals surface area contributed by atoms with Gasteiger partial charge < -0.3 is 10.1 Å². The van der Waals surface area contributed by atoms with Crippen molar-refractivity contribution in [2.75, 3.05) is 13.6 Å². The van der Waals surface area contributed by atoms with Crippen LogP contribution in [0.4, 0.5) is 8.78 Å². The molecule has 0 amide bonds. The van der Waals surface area contributed by atoms with E-state index in [1.54, 1.807) is 0 Å². The first-order valence-electron chi connectivity index (χ1n) is 6.45. The van der Waals surface area contributed by atoms with Gasteiger partial charge in [-0.3, -0.25) is 0 Å². The lowest BCUT2D eigenvalue weighted by Gasteiger charge is -2.28. The number of halogens is 2. The van der Waals surface area contributed by atoms with E-state index in [4.69, 9.17) is 4.74 Å². The van der Waals surface area contributed by atoms with Crippen molar-refractivity contribution in [1.29, 1.82) is 0 Å². The highest BCUT2D eigenvalue weighted by Gasteiger charge is 2.22. The maximum Gasteiger partial charge on any atom is 0.167 e. The smallest absolute Gasteiger partial charge is 0.167 e. The lowest BCUT2D eigenvalue weighted by atomic mass is 9.87. The molecule has 1 N–H and O–H groups in total. The largest absolute Gasteiger partial charge is 0.487 e. The molecule has 100 valence electrons. The SMILES string of the molecule is CNCC1CCC(Oc2ccc(F)cc2F)CC1. The van der Waals surface area contributed by atoms with Crippen LogP contribution in [0.3, 0.4) is 0 Å². The molecular formula is C14H19F2NO. The van der Waals surface area contributed by atoms with E-state index >= 15 is 0 Å². The summed E-state index contributed by atoms with van der Waals surface area (Å²) in [6.45, 7) is 1.03. The molecule has 0 heterocycles. The third-order valence-electron chi connectivity index (χ3n) is 3.47. The Labute approximate surface area is 106 Å². The van der Waals surface area contributed by atoms with E-state index in [-0.39, 0.29) is 11.9 Å². The van der Waals surface area contributed by atoms with E-state index in [9.17, 15) is 8.78 Å². The number of hydrogen-bond acceptors (Lipinski definition) is 2. The Kier molecular flexibility index (Phi) is 4.53. The molecule has 2 rings (SSSR count). The maximum atomic E-state index is 13.4. The van der Waals surface area contributed by atoms with E-state index in [1.807, 2.05) is 7.05 Å². The Hall–Kier alpha value is -1.16. The van der Waals surface area contributed by atoms with Crippen molar-refractivity contribution >= 4 is 0 Å². The van der Waals surface area contributed by atoms with E-state index in [0.717, 1.165) is 38.3 Å². The summed E-state index contributed by atoms with van der Waals surface area (Å²) in [7, 11) is 1.95. The Bertz CT molecular complexity index is 389. The Morgan fingerprint density at radius 2 is 1.94 bits per heavy atom. The van der Waals surface area contributed by atoms with Crippen molar-refractivity contribution in [3.63, 3.8) is 0 Å². The summed E-state index contributed by atoms with van der Waals surface area (Å²) in [5.41, 5.74) is 0. The van der Waals surface area contributed by atoms with Gasteiger partial charge in [-0.05, 0) is 57.3 Å². The van der Waals surface area contributed by atoms with Crippen LogP contribution in [0.15, 0.2) is 18.2 Å². The monoisotopic (exact) mass is 255 g/mol. The molecule has 0 spiro atoms. The molecular weight excluding hydrogens is 236 g/mol. The number of nitrogens with one attached hydrogen (secondary N) is 1. The second-order valence-electron chi connectivity index (χ2n) is 4.89. The average molecular weight is 255 g/mol. The van der Waals surface area contributed by atoms with Gasteiger partial charge in [-0.1, -0.05) is 0 Å². The van der Waals surface area contributed by atoms with Crippen LogP contribution in [0.25, 0.3) is 0 Å². The standard InChI is InChI=1S/C14H19F2NO/c1-17-9-10-2-5-12(6-3-10)18-14-7-4-11(15)8-13(14)16/h4,7-8,10,12,17H,2-3,5-6,9H2,1H3. The summed E-state index contributed by atoms with van der Waals surface area (Å²) in [4.78, 5) is 0. The molecule has 0 bridgehead atoms. The molecule has 4 heteroatoms. The number of hydrogen-bond donors (Lipinski definition) is 1. The predicted molar refractivity (Wildman–Crippen MR) is 66.7 cm³/mol. The molecule has 18 heavy (non-hydrogen) atoms. The fourth-order valence-corrected chi connectivity index (χ4v) is 2.49. The summed E-state index contributed by atoms with van der Waals surface area (Å²) in [5.74, 6) is -0.341. The first-order chi connectivity index (χ1) is 8.69. The fraction of sp³-hybridized carbons (Fsp3) is 0.571. The minimum atomic E-state index is -0.618. The van der Waals surface area contributed by atoms with E-state index in [1.165, 1.54) is 12.1 Å². The molecule has 0 unspecified atom stereocenters. The molecule has 0 saturated heterocycles. The van der Waals surface area contributed by atoms with Crippen molar-refractivity contribution in [3.05, 3.63) is 29.8 Å². The highest BCUT2D eigenvalue weighted by molar-refractivity contribution is 5.24. The molecule has 2 nitrogen and oxygen atoms in total. The summed E-state index contributed by atoms with van der Waals surface area (Å²) in [5, 5.41) is 3.17. The quantitative estimate of drug-likeness (QED) is 0.892. The van der Waals surface area contributed by atoms with E-state index < -0.39 is 11.6 Å². The topological polar surface area (TPSA) is 21.3 Å². The molecule has 1 fully saturated rings. The zero-order valence-corrected chi connectivity index (χ0v) is 10.6. The molecule has 1 aliphatic rings. The molecule has 0 radical (unpaired) electrons. The zero-order chi connectivity index (χ0) is 13.0. The number of ether oxygens (including phenoxy) is 1. The third-order valence-corrected chi connectivity index (χ3v) is 3.47. The Morgan fingerprint density at radius 1 is 1.22 bits per heavy atom. The van der Waals surface area contributed by atoms with Gasteiger partial charge >= 0.3 is 0 Å². The summed E-state index contributed by atoms with van der Waals surface area (Å²) < 4.78 is 31.8. The lowest BCUT2D eigenvalue weighted by Crippen LogP contribution is -2.29. The van der Waals surface area contributed by atoms with Gasteiger partial charge in [-0.2, -0.15) is 0 Å². The molecule has 0 atom stereocenters. The van der Waals surface area contributed by atoms with Gasteiger partial charge in [-0.15, -0.1) is 0 Å². The second-order valence-corrected chi connectivity index (χ2v) is 4.89. The van der Waals surface area contributed by atoms with E-state index in [0.29, 0.717) is 5.92 Å². The number of rotatable bonds is 4. The van der Waals surface area contributed by atoms with Gasteiger partial charge in [0.2, 0.25) is 0 Å². The minimum absolute atomic E-state index is 0.0538. The molecule has 1 aromatic carbocycles. The second kappa shape index (κ2) is 6.14. The van der Waals surface area contributed by atoms with Crippen LogP contribution in [-0.4, -0.2) is 19.7 Å². The number of benzene rings is 1. The van der Waals surface area contributed by atoms with Crippen LogP contribution in [0.2, 0.25) is 0 Å². The lowest BCUT2D eigenvalue weighted by molar-refractivity contribution is 0.126. The van der Waals surface area contributed by atoms with Crippen molar-refractivity contribution in [3.8, 4) is 5.75 Å². The first kappa shape index (κ1) is 13.3. The maximum absolute atomic E-state index is 13.4. The molecule has 1 aliphatic carbocycles. The fourth-order valence-electron chi connectivity index (χ4n) is 2.49. The first-order valence-corrected chi connectivity index (χ1v) is 6.45. The minimum Gasteiger partial charge on any atom is -0.487 e. The van der Waals surface area contributed by atoms with Crippen LogP contribution in [0, 0.1) is 17.6 Å². The normalized spacial score (nSPS) is 23.9. The summed E-state index contributed by atoms with van der Waals surface area (Å²) >= 11 is 0. The van der Waals surface area contributed by atoms with Gasteiger partial charge in [0.15, 0.2) is 11.6 Å².